The second-order valence-corrected chi connectivity index (χ2v) is 8.08. The van der Waals surface area contributed by atoms with Crippen molar-refractivity contribution in [3.05, 3.63) is 41.3 Å². The Kier molecular flexibility index (Phi) is 5.35. The number of aromatic nitrogens is 1. The zero-order valence-electron chi connectivity index (χ0n) is 14.5. The average molecular weight is 353 g/mol. The normalized spacial score (nSPS) is 12.1. The summed E-state index contributed by atoms with van der Waals surface area (Å²) in [6, 6.07) is 4.81. The Balaban J connectivity index is 2.45. The number of nitrogens with zero attached hydrogens (tertiary/aromatic N) is 2. The van der Waals surface area contributed by atoms with Gasteiger partial charge in [-0.3, -0.25) is 0 Å². The first-order valence-electron chi connectivity index (χ1n) is 7.76. The maximum absolute atomic E-state index is 13.1. The maximum atomic E-state index is 13.1. The summed E-state index contributed by atoms with van der Waals surface area (Å²) in [5.74, 6) is -0.232. The number of hydrogen-bond donors (Lipinski definition) is 1. The van der Waals surface area contributed by atoms with Gasteiger partial charge in [0.15, 0.2) is 0 Å². The molecule has 1 aromatic carbocycles. The largest absolute Gasteiger partial charge is 0.384 e. The quantitative estimate of drug-likeness (QED) is 0.811. The number of benzene rings is 1. The van der Waals surface area contributed by atoms with Crippen LogP contribution in [-0.2, 0) is 16.4 Å². The van der Waals surface area contributed by atoms with Crippen molar-refractivity contribution in [3.8, 4) is 0 Å². The first-order valence-corrected chi connectivity index (χ1v) is 9.25. The molecule has 0 aliphatic rings. The predicted octanol–water partition coefficient (Wildman–Crippen LogP) is 2.61. The molecule has 5 nitrogen and oxygen atoms in total. The number of anilines is 1. The Morgan fingerprint density at radius 3 is 2.29 bits per heavy atom. The molecule has 2 N–H and O–H groups in total. The van der Waals surface area contributed by atoms with Crippen LogP contribution in [0.2, 0.25) is 0 Å². The maximum Gasteiger partial charge on any atom is 0.210 e. The molecule has 2 aromatic rings. The van der Waals surface area contributed by atoms with E-state index in [0.717, 1.165) is 30.8 Å². The third-order valence-corrected chi connectivity index (χ3v) is 6.14. The highest BCUT2D eigenvalue weighted by Gasteiger charge is 2.28. The molecule has 1 heterocycles. The summed E-state index contributed by atoms with van der Waals surface area (Å²) in [4.78, 5) is 2.23. The van der Waals surface area contributed by atoms with Crippen molar-refractivity contribution in [2.24, 2.45) is 0 Å². The van der Waals surface area contributed by atoms with Crippen LogP contribution in [0.15, 0.2) is 34.1 Å². The zero-order valence-corrected chi connectivity index (χ0v) is 15.3. The molecule has 0 amide bonds. The summed E-state index contributed by atoms with van der Waals surface area (Å²) >= 11 is 0. The van der Waals surface area contributed by atoms with Gasteiger partial charge in [-0.15, -0.1) is 0 Å². The van der Waals surface area contributed by atoms with Crippen molar-refractivity contribution in [3.63, 3.8) is 0 Å². The number of nitrogen functional groups attached to an aromatic ring is 1. The van der Waals surface area contributed by atoms with Gasteiger partial charge in [-0.25, -0.2) is 12.8 Å². The minimum absolute atomic E-state index is 0.0455. The topological polar surface area (TPSA) is 68.3 Å². The van der Waals surface area contributed by atoms with Crippen LogP contribution in [0.3, 0.4) is 0 Å². The summed E-state index contributed by atoms with van der Waals surface area (Å²) in [5.41, 5.74) is 7.65. The highest BCUT2D eigenvalue weighted by atomic mass is 32.2. The molecular weight excluding hydrogens is 329 g/mol. The van der Waals surface area contributed by atoms with Gasteiger partial charge in [0.2, 0.25) is 9.84 Å². The van der Waals surface area contributed by atoms with Crippen molar-refractivity contribution >= 4 is 15.7 Å². The van der Waals surface area contributed by atoms with Crippen molar-refractivity contribution in [2.75, 3.05) is 26.4 Å². The lowest BCUT2D eigenvalue weighted by Gasteiger charge is -2.12. The van der Waals surface area contributed by atoms with E-state index in [0.29, 0.717) is 12.1 Å². The molecule has 0 aliphatic carbocycles. The molecule has 0 atom stereocenters. The first-order chi connectivity index (χ1) is 11.2. The molecule has 2 rings (SSSR count). The van der Waals surface area contributed by atoms with Gasteiger partial charge < -0.3 is 15.2 Å². The number of sulfone groups is 1. The molecule has 132 valence electrons. The number of hydrogen-bond acceptors (Lipinski definition) is 4. The summed E-state index contributed by atoms with van der Waals surface area (Å²) in [5, 5.41) is 0. The van der Waals surface area contributed by atoms with E-state index in [9.17, 15) is 12.8 Å². The molecule has 0 saturated carbocycles. The van der Waals surface area contributed by atoms with E-state index in [1.807, 2.05) is 25.6 Å². The van der Waals surface area contributed by atoms with Crippen LogP contribution >= 0.6 is 0 Å². The Hall–Kier alpha value is -1.86. The van der Waals surface area contributed by atoms with Gasteiger partial charge in [-0.2, -0.15) is 0 Å². The van der Waals surface area contributed by atoms with Crippen molar-refractivity contribution in [1.29, 1.82) is 0 Å². The molecule has 24 heavy (non-hydrogen) atoms. The lowest BCUT2D eigenvalue weighted by molar-refractivity contribution is 0.386. The fraction of sp³-hybridized carbons (Fsp3) is 0.412. The molecule has 0 aliphatic heterocycles. The van der Waals surface area contributed by atoms with E-state index in [1.54, 1.807) is 6.92 Å². The van der Waals surface area contributed by atoms with Gasteiger partial charge in [-0.1, -0.05) is 0 Å². The minimum atomic E-state index is -3.78. The van der Waals surface area contributed by atoms with Gasteiger partial charge in [0, 0.05) is 12.2 Å². The van der Waals surface area contributed by atoms with Crippen molar-refractivity contribution in [2.45, 2.75) is 36.6 Å². The highest BCUT2D eigenvalue weighted by molar-refractivity contribution is 7.91. The Morgan fingerprint density at radius 1 is 1.17 bits per heavy atom. The van der Waals surface area contributed by atoms with Crippen molar-refractivity contribution < 1.29 is 12.8 Å². The minimum Gasteiger partial charge on any atom is -0.384 e. The lowest BCUT2D eigenvalue weighted by Crippen LogP contribution is -2.16. The summed E-state index contributed by atoms with van der Waals surface area (Å²) in [7, 11) is 0.192. The monoisotopic (exact) mass is 353 g/mol. The molecule has 0 spiro atoms. The Labute approximate surface area is 142 Å². The van der Waals surface area contributed by atoms with E-state index in [-0.39, 0.29) is 15.6 Å². The van der Waals surface area contributed by atoms with E-state index in [4.69, 9.17) is 5.73 Å². The van der Waals surface area contributed by atoms with Crippen LogP contribution in [0.1, 0.15) is 17.7 Å². The number of rotatable bonds is 6. The van der Waals surface area contributed by atoms with Crippen LogP contribution in [0.5, 0.6) is 0 Å². The van der Waals surface area contributed by atoms with Crippen LogP contribution in [-0.4, -0.2) is 38.5 Å². The predicted molar refractivity (Wildman–Crippen MR) is 93.3 cm³/mol. The van der Waals surface area contributed by atoms with E-state index < -0.39 is 15.7 Å². The van der Waals surface area contributed by atoms with Gasteiger partial charge in [-0.05, 0) is 70.7 Å². The van der Waals surface area contributed by atoms with Gasteiger partial charge in [0.1, 0.15) is 16.5 Å². The number of nitrogens with two attached hydrogens (primary N) is 1. The Morgan fingerprint density at radius 2 is 1.75 bits per heavy atom. The average Bonchev–Trinajstić information content (AvgIpc) is 2.71. The number of halogens is 1. The molecule has 7 heteroatoms. The van der Waals surface area contributed by atoms with Gasteiger partial charge in [0.05, 0.1) is 4.90 Å². The van der Waals surface area contributed by atoms with E-state index in [2.05, 4.69) is 4.90 Å². The first kappa shape index (κ1) is 18.5. The molecule has 0 fully saturated rings. The van der Waals surface area contributed by atoms with Crippen LogP contribution in [0, 0.1) is 19.7 Å². The SMILES string of the molecule is Cc1c(S(=O)(=O)c2ccc(F)cc2)c(N)n(CCCN(C)C)c1C. The summed E-state index contributed by atoms with van der Waals surface area (Å²) in [6.07, 6.45) is 0.863. The molecule has 1 aromatic heterocycles. The second-order valence-electron chi connectivity index (χ2n) is 6.19. The van der Waals surface area contributed by atoms with E-state index in [1.165, 1.54) is 12.1 Å². The Bertz CT molecular complexity index is 825. The second kappa shape index (κ2) is 6.94. The zero-order chi connectivity index (χ0) is 18.1. The fourth-order valence-corrected chi connectivity index (χ4v) is 4.43. The molecule has 0 bridgehead atoms. The lowest BCUT2D eigenvalue weighted by atomic mass is 10.3. The molecule has 0 saturated heterocycles. The van der Waals surface area contributed by atoms with Gasteiger partial charge in [0.25, 0.3) is 0 Å². The van der Waals surface area contributed by atoms with Crippen molar-refractivity contribution in [1.82, 2.24) is 9.47 Å². The highest BCUT2D eigenvalue weighted by Crippen LogP contribution is 2.33. The van der Waals surface area contributed by atoms with Gasteiger partial charge >= 0.3 is 0 Å². The molecular formula is C17H24FN3O2S. The molecule has 0 radical (unpaired) electrons. The van der Waals surface area contributed by atoms with Crippen LogP contribution < -0.4 is 5.73 Å². The van der Waals surface area contributed by atoms with Crippen LogP contribution in [0.4, 0.5) is 10.2 Å². The molecule has 0 unspecified atom stereocenters. The summed E-state index contributed by atoms with van der Waals surface area (Å²) < 4.78 is 40.7. The summed E-state index contributed by atoms with van der Waals surface area (Å²) in [6.45, 7) is 5.15. The standard InChI is InChI=1S/C17H24FN3O2S/c1-12-13(2)21(11-5-10-20(3)4)17(19)16(12)24(22,23)15-8-6-14(18)7-9-15/h6-9H,5,10-11,19H2,1-4H3. The van der Waals surface area contributed by atoms with Crippen LogP contribution in [0.25, 0.3) is 0 Å². The third kappa shape index (κ3) is 3.47. The smallest absolute Gasteiger partial charge is 0.210 e. The van der Waals surface area contributed by atoms with E-state index >= 15 is 0 Å². The fourth-order valence-electron chi connectivity index (χ4n) is 2.77. The third-order valence-electron chi connectivity index (χ3n) is 4.19.